The van der Waals surface area contributed by atoms with Crippen LogP contribution < -0.4 is 5.56 Å². The first-order valence-corrected chi connectivity index (χ1v) is 11.8. The van der Waals surface area contributed by atoms with E-state index in [-0.39, 0.29) is 17.1 Å². The van der Waals surface area contributed by atoms with Crippen molar-refractivity contribution in [2.45, 2.75) is 37.4 Å². The number of fused-ring (bicyclic) bond motifs is 4. The number of rotatable bonds is 6. The molecule has 3 aromatic heterocycles. The second-order valence-corrected chi connectivity index (χ2v) is 9.38. The van der Waals surface area contributed by atoms with Gasteiger partial charge in [-0.2, -0.15) is 0 Å². The summed E-state index contributed by atoms with van der Waals surface area (Å²) in [6.45, 7) is 4.15. The van der Waals surface area contributed by atoms with Crippen LogP contribution in [0.4, 0.5) is 0 Å². The molecule has 0 radical (unpaired) electrons. The summed E-state index contributed by atoms with van der Waals surface area (Å²) in [7, 11) is 0. The summed E-state index contributed by atoms with van der Waals surface area (Å²) >= 11 is 2.90. The molecule has 0 amide bonds. The van der Waals surface area contributed by atoms with Crippen LogP contribution in [0.1, 0.15) is 33.8 Å². The molecule has 1 aromatic carbocycles. The normalized spacial score (nSPS) is 13.6. The molecule has 0 saturated heterocycles. The highest BCUT2D eigenvalue weighted by Crippen LogP contribution is 2.34. The molecule has 0 saturated carbocycles. The SMILES string of the molecule is C=CCn1c(SCC(=O)c2cc3ccccc3o2)nc2sc3c(c2c1=O)CCCC3. The number of ketones is 1. The van der Waals surface area contributed by atoms with E-state index in [0.29, 0.717) is 23.0 Å². The van der Waals surface area contributed by atoms with E-state index in [1.165, 1.54) is 22.2 Å². The quantitative estimate of drug-likeness (QED) is 0.179. The van der Waals surface area contributed by atoms with E-state index in [0.717, 1.165) is 41.3 Å². The van der Waals surface area contributed by atoms with Crippen molar-refractivity contribution < 1.29 is 9.21 Å². The van der Waals surface area contributed by atoms with Gasteiger partial charge >= 0.3 is 0 Å². The standard InChI is InChI=1S/C23H20N2O3S2/c1-2-11-25-22(27)20-15-8-4-6-10-19(15)30-21(20)24-23(25)29-13-16(26)18-12-14-7-3-5-9-17(14)28-18/h2-3,5,7,9,12H,1,4,6,8,10-11,13H2. The zero-order valence-corrected chi connectivity index (χ0v) is 18.0. The molecule has 0 bridgehead atoms. The van der Waals surface area contributed by atoms with Crippen LogP contribution in [0.15, 0.2) is 57.4 Å². The van der Waals surface area contributed by atoms with Crippen LogP contribution >= 0.6 is 23.1 Å². The van der Waals surface area contributed by atoms with Gasteiger partial charge in [0, 0.05) is 16.8 Å². The van der Waals surface area contributed by atoms with Gasteiger partial charge < -0.3 is 4.42 Å². The van der Waals surface area contributed by atoms with E-state index in [2.05, 4.69) is 6.58 Å². The molecule has 0 unspecified atom stereocenters. The first kappa shape index (κ1) is 19.3. The average molecular weight is 437 g/mol. The predicted octanol–water partition coefficient (Wildman–Crippen LogP) is 5.24. The third kappa shape index (κ3) is 3.32. The van der Waals surface area contributed by atoms with Gasteiger partial charge in [0.2, 0.25) is 5.78 Å². The minimum absolute atomic E-state index is 0.0296. The van der Waals surface area contributed by atoms with Crippen molar-refractivity contribution in [3.8, 4) is 0 Å². The highest BCUT2D eigenvalue weighted by molar-refractivity contribution is 7.99. The number of carbonyl (C=O) groups is 1. The number of aryl methyl sites for hydroxylation is 2. The van der Waals surface area contributed by atoms with Gasteiger partial charge in [0.25, 0.3) is 5.56 Å². The number of para-hydroxylation sites is 1. The van der Waals surface area contributed by atoms with Crippen LogP contribution in [0.3, 0.4) is 0 Å². The van der Waals surface area contributed by atoms with Crippen molar-refractivity contribution in [1.82, 2.24) is 9.55 Å². The highest BCUT2D eigenvalue weighted by Gasteiger charge is 2.22. The van der Waals surface area contributed by atoms with E-state index in [1.807, 2.05) is 24.3 Å². The summed E-state index contributed by atoms with van der Waals surface area (Å²) in [5, 5.41) is 2.21. The number of hydrogen-bond donors (Lipinski definition) is 0. The lowest BCUT2D eigenvalue weighted by molar-refractivity contribution is 0.0994. The monoisotopic (exact) mass is 436 g/mol. The molecular formula is C23H20N2O3S2. The lowest BCUT2D eigenvalue weighted by Gasteiger charge is -2.12. The fourth-order valence-electron chi connectivity index (χ4n) is 3.94. The Hall–Kier alpha value is -2.64. The maximum Gasteiger partial charge on any atom is 0.263 e. The topological polar surface area (TPSA) is 65.1 Å². The zero-order valence-electron chi connectivity index (χ0n) is 16.3. The van der Waals surface area contributed by atoms with Crippen molar-refractivity contribution in [2.24, 2.45) is 0 Å². The Bertz CT molecular complexity index is 1310. The molecule has 1 aliphatic rings. The molecule has 0 N–H and O–H groups in total. The first-order chi connectivity index (χ1) is 14.7. The van der Waals surface area contributed by atoms with Crippen molar-refractivity contribution in [3.63, 3.8) is 0 Å². The van der Waals surface area contributed by atoms with Crippen LogP contribution in [0.25, 0.3) is 21.2 Å². The number of nitrogens with zero attached hydrogens (tertiary/aromatic N) is 2. The fourth-order valence-corrected chi connectivity index (χ4v) is 6.12. The van der Waals surface area contributed by atoms with Gasteiger partial charge in [-0.15, -0.1) is 17.9 Å². The highest BCUT2D eigenvalue weighted by atomic mass is 32.2. The summed E-state index contributed by atoms with van der Waals surface area (Å²) in [5.74, 6) is 0.357. The van der Waals surface area contributed by atoms with Gasteiger partial charge in [-0.3, -0.25) is 14.2 Å². The molecule has 7 heteroatoms. The van der Waals surface area contributed by atoms with E-state index in [9.17, 15) is 9.59 Å². The lowest BCUT2D eigenvalue weighted by atomic mass is 9.97. The Balaban J connectivity index is 1.48. The van der Waals surface area contributed by atoms with Crippen LogP contribution in [0.5, 0.6) is 0 Å². The van der Waals surface area contributed by atoms with E-state index in [1.54, 1.807) is 28.0 Å². The van der Waals surface area contributed by atoms with Crippen molar-refractivity contribution in [3.05, 3.63) is 69.5 Å². The van der Waals surface area contributed by atoms with Crippen molar-refractivity contribution in [2.75, 3.05) is 5.75 Å². The van der Waals surface area contributed by atoms with Gasteiger partial charge in [0.15, 0.2) is 10.9 Å². The van der Waals surface area contributed by atoms with Crippen LogP contribution in [-0.2, 0) is 19.4 Å². The smallest absolute Gasteiger partial charge is 0.263 e. The van der Waals surface area contributed by atoms with Gasteiger partial charge in [-0.25, -0.2) is 4.98 Å². The summed E-state index contributed by atoms with van der Waals surface area (Å²) in [6.07, 6.45) is 5.93. The van der Waals surface area contributed by atoms with Crippen LogP contribution in [0.2, 0.25) is 0 Å². The molecule has 152 valence electrons. The van der Waals surface area contributed by atoms with Crippen LogP contribution in [-0.4, -0.2) is 21.1 Å². The largest absolute Gasteiger partial charge is 0.453 e. The number of Topliss-reactive ketones (excluding diaryl/α,β-unsaturated/α-hetero) is 1. The molecule has 5 rings (SSSR count). The Morgan fingerprint density at radius 2 is 2.13 bits per heavy atom. The number of allylic oxidation sites excluding steroid dienone is 1. The first-order valence-electron chi connectivity index (χ1n) is 9.96. The molecule has 0 atom stereocenters. The second-order valence-electron chi connectivity index (χ2n) is 7.35. The average Bonchev–Trinajstić information content (AvgIpc) is 3.35. The summed E-state index contributed by atoms with van der Waals surface area (Å²) < 4.78 is 7.31. The number of aromatic nitrogens is 2. The van der Waals surface area contributed by atoms with Crippen molar-refractivity contribution >= 4 is 50.1 Å². The molecule has 1 aliphatic carbocycles. The number of thiophene rings is 1. The van der Waals surface area contributed by atoms with Gasteiger partial charge in [-0.05, 0) is 43.4 Å². The maximum absolute atomic E-state index is 13.3. The summed E-state index contributed by atoms with van der Waals surface area (Å²) in [5.41, 5.74) is 1.84. The molecule has 30 heavy (non-hydrogen) atoms. The van der Waals surface area contributed by atoms with Gasteiger partial charge in [0.05, 0.1) is 11.1 Å². The minimum Gasteiger partial charge on any atom is -0.453 e. The summed E-state index contributed by atoms with van der Waals surface area (Å²) in [6, 6.07) is 9.31. The Kier molecular flexibility index (Phi) is 5.08. The fraction of sp³-hybridized carbons (Fsp3) is 0.261. The molecule has 0 aliphatic heterocycles. The predicted molar refractivity (Wildman–Crippen MR) is 122 cm³/mol. The maximum atomic E-state index is 13.3. The molecule has 0 spiro atoms. The van der Waals surface area contributed by atoms with Gasteiger partial charge in [0.1, 0.15) is 10.4 Å². The molecule has 5 nitrogen and oxygen atoms in total. The number of carbonyl (C=O) groups excluding carboxylic acids is 1. The van der Waals surface area contributed by atoms with Crippen LogP contribution in [0, 0.1) is 0 Å². The molecule has 4 aromatic rings. The number of furan rings is 1. The summed E-state index contributed by atoms with van der Waals surface area (Å²) in [4.78, 5) is 32.8. The molecule has 0 fully saturated rings. The number of thioether (sulfide) groups is 1. The number of hydrogen-bond acceptors (Lipinski definition) is 6. The van der Waals surface area contributed by atoms with E-state index in [4.69, 9.17) is 9.40 Å². The second kappa shape index (κ2) is 7.89. The Morgan fingerprint density at radius 3 is 2.97 bits per heavy atom. The third-order valence-corrected chi connectivity index (χ3v) is 7.55. The third-order valence-electron chi connectivity index (χ3n) is 5.38. The van der Waals surface area contributed by atoms with E-state index >= 15 is 0 Å². The Labute approximate surface area is 181 Å². The minimum atomic E-state index is -0.124. The molecule has 3 heterocycles. The van der Waals surface area contributed by atoms with E-state index < -0.39 is 0 Å². The van der Waals surface area contributed by atoms with Gasteiger partial charge in [-0.1, -0.05) is 36.0 Å². The number of benzene rings is 1. The molecular weight excluding hydrogens is 416 g/mol. The zero-order chi connectivity index (χ0) is 20.7. The Morgan fingerprint density at radius 1 is 1.30 bits per heavy atom. The lowest BCUT2D eigenvalue weighted by Crippen LogP contribution is -2.23. The van der Waals surface area contributed by atoms with Crippen molar-refractivity contribution in [1.29, 1.82) is 0 Å².